The van der Waals surface area contributed by atoms with Crippen LogP contribution >= 0.6 is 24.0 Å². The molecule has 2 heterocycles. The molecule has 0 bridgehead atoms. The second-order valence-corrected chi connectivity index (χ2v) is 8.11. The van der Waals surface area contributed by atoms with Gasteiger partial charge in [0.15, 0.2) is 5.96 Å². The SMILES string of the molecule is CN=C(NCCN1C(=O)c2ccccc2C1=O)NC1CC(C)(C)Oc2ccccc21.I. The van der Waals surface area contributed by atoms with Crippen molar-refractivity contribution >= 4 is 41.8 Å². The Morgan fingerprint density at radius 3 is 2.35 bits per heavy atom. The molecule has 2 aliphatic heterocycles. The van der Waals surface area contributed by atoms with E-state index in [-0.39, 0.29) is 54.0 Å². The van der Waals surface area contributed by atoms with Crippen molar-refractivity contribution < 1.29 is 14.3 Å². The van der Waals surface area contributed by atoms with Crippen LogP contribution in [0.5, 0.6) is 5.75 Å². The molecule has 0 radical (unpaired) electrons. The highest BCUT2D eigenvalue weighted by Gasteiger charge is 2.35. The quantitative estimate of drug-likeness (QED) is 0.272. The number of nitrogens with one attached hydrogen (secondary N) is 2. The molecule has 0 fully saturated rings. The second kappa shape index (κ2) is 9.25. The average Bonchev–Trinajstić information content (AvgIpc) is 2.97. The Balaban J connectivity index is 0.00000272. The first-order chi connectivity index (χ1) is 14.4. The molecule has 2 N–H and O–H groups in total. The van der Waals surface area contributed by atoms with Crippen LogP contribution in [0.2, 0.25) is 0 Å². The van der Waals surface area contributed by atoms with Crippen molar-refractivity contribution in [1.29, 1.82) is 0 Å². The van der Waals surface area contributed by atoms with Gasteiger partial charge in [0.25, 0.3) is 11.8 Å². The summed E-state index contributed by atoms with van der Waals surface area (Å²) in [7, 11) is 1.70. The molecule has 2 amide bonds. The smallest absolute Gasteiger partial charge is 0.261 e. The van der Waals surface area contributed by atoms with Gasteiger partial charge in [-0.05, 0) is 32.0 Å². The number of guanidine groups is 1. The van der Waals surface area contributed by atoms with Crippen LogP contribution in [-0.2, 0) is 0 Å². The highest BCUT2D eigenvalue weighted by atomic mass is 127. The summed E-state index contributed by atoms with van der Waals surface area (Å²) in [4.78, 5) is 30.6. The molecule has 164 valence electrons. The van der Waals surface area contributed by atoms with Crippen molar-refractivity contribution in [3.8, 4) is 5.75 Å². The van der Waals surface area contributed by atoms with Crippen molar-refractivity contribution in [1.82, 2.24) is 15.5 Å². The summed E-state index contributed by atoms with van der Waals surface area (Å²) in [6.45, 7) is 4.80. The minimum Gasteiger partial charge on any atom is -0.487 e. The number of benzene rings is 2. The number of para-hydroxylation sites is 1. The third-order valence-electron chi connectivity index (χ3n) is 5.42. The lowest BCUT2D eigenvalue weighted by atomic mass is 9.90. The highest BCUT2D eigenvalue weighted by molar-refractivity contribution is 14.0. The van der Waals surface area contributed by atoms with Gasteiger partial charge in [-0.2, -0.15) is 0 Å². The molecule has 1 atom stereocenters. The number of carbonyl (C=O) groups is 2. The van der Waals surface area contributed by atoms with Crippen molar-refractivity contribution in [3.63, 3.8) is 0 Å². The minimum absolute atomic E-state index is 0. The molecular weight excluding hydrogens is 507 g/mol. The monoisotopic (exact) mass is 534 g/mol. The molecule has 4 rings (SSSR count). The fourth-order valence-corrected chi connectivity index (χ4v) is 4.02. The third-order valence-corrected chi connectivity index (χ3v) is 5.42. The molecule has 0 saturated carbocycles. The maximum absolute atomic E-state index is 12.5. The summed E-state index contributed by atoms with van der Waals surface area (Å²) >= 11 is 0. The van der Waals surface area contributed by atoms with Crippen LogP contribution in [0, 0.1) is 0 Å². The Kier molecular flexibility index (Phi) is 6.88. The summed E-state index contributed by atoms with van der Waals surface area (Å²) in [5, 5.41) is 6.67. The summed E-state index contributed by atoms with van der Waals surface area (Å²) < 4.78 is 6.09. The Morgan fingerprint density at radius 1 is 1.10 bits per heavy atom. The molecule has 1 unspecified atom stereocenters. The van der Waals surface area contributed by atoms with Crippen LogP contribution in [-0.4, -0.2) is 48.4 Å². The molecule has 7 nitrogen and oxygen atoms in total. The van der Waals surface area contributed by atoms with E-state index in [4.69, 9.17) is 4.74 Å². The second-order valence-electron chi connectivity index (χ2n) is 8.11. The lowest BCUT2D eigenvalue weighted by Gasteiger charge is -2.38. The molecule has 2 aromatic rings. The predicted molar refractivity (Wildman–Crippen MR) is 130 cm³/mol. The van der Waals surface area contributed by atoms with E-state index in [2.05, 4.69) is 29.5 Å². The molecule has 0 aromatic heterocycles. The molecule has 31 heavy (non-hydrogen) atoms. The number of hydrogen-bond acceptors (Lipinski definition) is 4. The van der Waals surface area contributed by atoms with Gasteiger partial charge >= 0.3 is 0 Å². The molecule has 8 heteroatoms. The van der Waals surface area contributed by atoms with Crippen LogP contribution in [0.15, 0.2) is 53.5 Å². The first-order valence-corrected chi connectivity index (χ1v) is 10.1. The van der Waals surface area contributed by atoms with Gasteiger partial charge in [0, 0.05) is 32.1 Å². The number of fused-ring (bicyclic) bond motifs is 2. The third kappa shape index (κ3) is 4.68. The van der Waals surface area contributed by atoms with Gasteiger partial charge < -0.3 is 15.4 Å². The first kappa shape index (κ1) is 23.1. The van der Waals surface area contributed by atoms with Crippen LogP contribution < -0.4 is 15.4 Å². The number of ether oxygens (including phenoxy) is 1. The van der Waals surface area contributed by atoms with Gasteiger partial charge in [-0.15, -0.1) is 24.0 Å². The van der Waals surface area contributed by atoms with Crippen molar-refractivity contribution in [2.45, 2.75) is 31.9 Å². The zero-order valence-electron chi connectivity index (χ0n) is 17.8. The number of halogens is 1. The number of hydrogen-bond donors (Lipinski definition) is 2. The summed E-state index contributed by atoms with van der Waals surface area (Å²) in [6, 6.07) is 14.9. The Bertz CT molecular complexity index is 986. The Hall–Kier alpha value is -2.62. The topological polar surface area (TPSA) is 83.0 Å². The van der Waals surface area contributed by atoms with Gasteiger partial charge in [-0.3, -0.25) is 19.5 Å². The zero-order valence-corrected chi connectivity index (χ0v) is 20.2. The minimum atomic E-state index is -0.301. The van der Waals surface area contributed by atoms with Crippen LogP contribution in [0.1, 0.15) is 52.6 Å². The normalized spacial score (nSPS) is 19.1. The van der Waals surface area contributed by atoms with Crippen molar-refractivity contribution in [3.05, 3.63) is 65.2 Å². The largest absolute Gasteiger partial charge is 0.487 e. The fourth-order valence-electron chi connectivity index (χ4n) is 4.02. The van der Waals surface area contributed by atoms with E-state index in [1.165, 1.54) is 4.90 Å². The predicted octanol–water partition coefficient (Wildman–Crippen LogP) is 3.37. The molecule has 0 spiro atoms. The summed E-state index contributed by atoms with van der Waals surface area (Å²) in [5.74, 6) is 0.984. The maximum atomic E-state index is 12.5. The number of nitrogens with zero attached hydrogens (tertiary/aromatic N) is 2. The van der Waals surface area contributed by atoms with E-state index in [0.717, 1.165) is 17.7 Å². The molecule has 2 aromatic carbocycles. The fraction of sp³-hybridized carbons (Fsp3) is 0.348. The lowest BCUT2D eigenvalue weighted by Crippen LogP contribution is -2.47. The van der Waals surface area contributed by atoms with Crippen LogP contribution in [0.3, 0.4) is 0 Å². The lowest BCUT2D eigenvalue weighted by molar-refractivity contribution is 0.0652. The number of amides is 2. The maximum Gasteiger partial charge on any atom is 0.261 e. The van der Waals surface area contributed by atoms with Crippen LogP contribution in [0.4, 0.5) is 0 Å². The molecular formula is C23H27IN4O3. The van der Waals surface area contributed by atoms with E-state index in [1.807, 2.05) is 24.3 Å². The molecule has 2 aliphatic rings. The highest BCUT2D eigenvalue weighted by Crippen LogP contribution is 2.39. The Labute approximate surface area is 199 Å². The van der Waals surface area contributed by atoms with Gasteiger partial charge in [0.2, 0.25) is 0 Å². The standard InChI is InChI=1S/C23H26N4O3.HI/c1-23(2)14-18(17-10-6-7-11-19(17)30-23)26-22(24-3)25-12-13-27-20(28)15-8-4-5-9-16(15)21(27)29;/h4-11,18H,12-14H2,1-3H3,(H2,24,25,26);1H. The number of imide groups is 1. The van der Waals surface area contributed by atoms with Crippen molar-refractivity contribution in [2.24, 2.45) is 4.99 Å². The van der Waals surface area contributed by atoms with E-state index in [0.29, 0.717) is 23.6 Å². The molecule has 0 aliphatic carbocycles. The van der Waals surface area contributed by atoms with E-state index in [1.54, 1.807) is 31.3 Å². The first-order valence-electron chi connectivity index (χ1n) is 10.1. The van der Waals surface area contributed by atoms with Gasteiger partial charge in [0.05, 0.1) is 17.2 Å². The molecule has 0 saturated heterocycles. The van der Waals surface area contributed by atoms with Gasteiger partial charge in [-0.25, -0.2) is 0 Å². The number of aliphatic imine (C=N–C) groups is 1. The summed E-state index contributed by atoms with van der Waals surface area (Å²) in [5.41, 5.74) is 1.71. The van der Waals surface area contributed by atoms with Gasteiger partial charge in [-0.1, -0.05) is 30.3 Å². The average molecular weight is 534 g/mol. The van der Waals surface area contributed by atoms with E-state index in [9.17, 15) is 9.59 Å². The number of rotatable bonds is 4. The van der Waals surface area contributed by atoms with Gasteiger partial charge in [0.1, 0.15) is 11.4 Å². The van der Waals surface area contributed by atoms with E-state index < -0.39 is 0 Å². The Morgan fingerprint density at radius 2 is 1.71 bits per heavy atom. The van der Waals surface area contributed by atoms with Crippen molar-refractivity contribution in [2.75, 3.05) is 20.1 Å². The van der Waals surface area contributed by atoms with E-state index >= 15 is 0 Å². The van der Waals surface area contributed by atoms with Crippen LogP contribution in [0.25, 0.3) is 0 Å². The number of carbonyl (C=O) groups excluding carboxylic acids is 2. The zero-order chi connectivity index (χ0) is 21.3. The summed E-state index contributed by atoms with van der Waals surface area (Å²) in [6.07, 6.45) is 0.781.